The van der Waals surface area contributed by atoms with Gasteiger partial charge in [-0.3, -0.25) is 34.0 Å². The third-order valence-electron chi connectivity index (χ3n) is 8.15. The number of carboxylic acid groups (broad SMARTS) is 1. The van der Waals surface area contributed by atoms with Gasteiger partial charge in [-0.1, -0.05) is 35.2 Å². The number of phenolic OH excluding ortho intramolecular Hbond substituents is 1. The number of hydrogen-bond acceptors (Lipinski definition) is 15. The minimum absolute atomic E-state index is 0.0360. The SMILES string of the molecule is CN(C)c1ccc(Nc2ncc(N(C(N)=O)C(C(=O)NC3C(=O)N4C(C(=O)O)=C(CSc5nnc(NC=O)s5)CS[C@H]34)c3ccc(O)cc3)c(=O)[nH]2)cc1. The zero-order valence-electron chi connectivity index (χ0n) is 28.2. The van der Waals surface area contributed by atoms with Crippen molar-refractivity contribution in [1.82, 2.24) is 30.4 Å². The number of primary amides is 1. The second-order valence-corrected chi connectivity index (χ2v) is 15.1. The maximum absolute atomic E-state index is 14.1. The Morgan fingerprint density at radius 1 is 1.13 bits per heavy atom. The number of rotatable bonds is 14. The smallest absolute Gasteiger partial charge is 0.352 e. The highest BCUT2D eigenvalue weighted by Gasteiger charge is 2.55. The Hall–Kier alpha value is -6.13. The van der Waals surface area contributed by atoms with Gasteiger partial charge < -0.3 is 36.8 Å². The maximum atomic E-state index is 14.1. The van der Waals surface area contributed by atoms with E-state index in [1.807, 2.05) is 31.1 Å². The molecule has 2 aliphatic heterocycles. The number of thioether (sulfide) groups is 2. The minimum Gasteiger partial charge on any atom is -0.508 e. The number of aromatic hydroxyl groups is 1. The number of H-pyrrole nitrogens is 1. The van der Waals surface area contributed by atoms with E-state index >= 15 is 0 Å². The van der Waals surface area contributed by atoms with Gasteiger partial charge in [-0.2, -0.15) is 0 Å². The van der Waals surface area contributed by atoms with Crippen LogP contribution in [-0.4, -0.2) is 103 Å². The molecule has 2 aromatic heterocycles. The molecule has 54 heavy (non-hydrogen) atoms. The number of anilines is 5. The van der Waals surface area contributed by atoms with Gasteiger partial charge >= 0.3 is 12.0 Å². The number of hydrogen-bond donors (Lipinski definition) is 7. The number of fused-ring (bicyclic) bond motifs is 1. The zero-order valence-corrected chi connectivity index (χ0v) is 30.7. The summed E-state index contributed by atoms with van der Waals surface area (Å²) in [5, 5.41) is 35.3. The number of benzene rings is 2. The second kappa shape index (κ2) is 15.9. The summed E-state index contributed by atoms with van der Waals surface area (Å²) >= 11 is 3.51. The number of phenols is 1. The van der Waals surface area contributed by atoms with E-state index < -0.39 is 46.8 Å². The molecule has 280 valence electrons. The lowest BCUT2D eigenvalue weighted by Gasteiger charge is -2.49. The Morgan fingerprint density at radius 2 is 1.85 bits per heavy atom. The lowest BCUT2D eigenvalue weighted by atomic mass is 10.00. The molecule has 0 bridgehead atoms. The van der Waals surface area contributed by atoms with Crippen molar-refractivity contribution >= 4 is 93.2 Å². The average Bonchev–Trinajstić information content (AvgIpc) is 3.59. The summed E-state index contributed by atoms with van der Waals surface area (Å²) in [5.74, 6) is -2.72. The molecule has 0 radical (unpaired) electrons. The summed E-state index contributed by atoms with van der Waals surface area (Å²) in [5.41, 5.74) is 6.45. The molecular formula is C32H31N11O8S3. The summed E-state index contributed by atoms with van der Waals surface area (Å²) in [4.78, 5) is 87.8. The van der Waals surface area contributed by atoms with Crippen LogP contribution in [0, 0.1) is 0 Å². The summed E-state index contributed by atoms with van der Waals surface area (Å²) in [7, 11) is 3.79. The molecule has 2 aliphatic rings. The highest BCUT2D eigenvalue weighted by atomic mass is 32.2. The largest absolute Gasteiger partial charge is 0.508 e. The topological polar surface area (TPSA) is 269 Å². The van der Waals surface area contributed by atoms with E-state index in [9.17, 15) is 39.0 Å². The zero-order chi connectivity index (χ0) is 38.7. The molecular weight excluding hydrogens is 763 g/mol. The first kappa shape index (κ1) is 37.6. The molecule has 22 heteroatoms. The highest BCUT2D eigenvalue weighted by molar-refractivity contribution is 8.02. The van der Waals surface area contributed by atoms with Gasteiger partial charge in [0.15, 0.2) is 4.34 Å². The van der Waals surface area contributed by atoms with Crippen LogP contribution >= 0.6 is 34.9 Å². The summed E-state index contributed by atoms with van der Waals surface area (Å²) < 4.78 is 0.470. The third-order valence-corrected chi connectivity index (χ3v) is 11.6. The van der Waals surface area contributed by atoms with E-state index in [0.717, 1.165) is 33.0 Å². The van der Waals surface area contributed by atoms with Gasteiger partial charge in [0, 0.05) is 37.0 Å². The van der Waals surface area contributed by atoms with Crippen LogP contribution < -0.4 is 37.0 Å². The predicted octanol–water partition coefficient (Wildman–Crippen LogP) is 1.86. The number of β-lactam (4-membered cyclic amide) rings is 1. The molecule has 2 aromatic carbocycles. The first-order valence-corrected chi connectivity index (χ1v) is 18.6. The number of urea groups is 1. The van der Waals surface area contributed by atoms with Crippen LogP contribution in [0.2, 0.25) is 0 Å². The van der Waals surface area contributed by atoms with E-state index in [0.29, 0.717) is 22.0 Å². The molecule has 6 rings (SSSR count). The summed E-state index contributed by atoms with van der Waals surface area (Å²) in [6, 6.07) is 8.45. The normalized spacial score (nSPS) is 16.8. The van der Waals surface area contributed by atoms with Gasteiger partial charge in [-0.15, -0.1) is 22.0 Å². The molecule has 19 nitrogen and oxygen atoms in total. The fourth-order valence-corrected chi connectivity index (χ4v) is 8.81. The quantitative estimate of drug-likeness (QED) is 0.0416. The van der Waals surface area contributed by atoms with Crippen molar-refractivity contribution in [2.24, 2.45) is 5.73 Å². The molecule has 1 saturated heterocycles. The summed E-state index contributed by atoms with van der Waals surface area (Å²) in [6.07, 6.45) is 1.53. The second-order valence-electron chi connectivity index (χ2n) is 11.8. The van der Waals surface area contributed by atoms with Crippen molar-refractivity contribution in [3.63, 3.8) is 0 Å². The molecule has 3 atom stereocenters. The number of aromatic amines is 1. The number of aromatic nitrogens is 4. The number of nitrogens with one attached hydrogen (secondary N) is 4. The molecule has 4 aromatic rings. The summed E-state index contributed by atoms with van der Waals surface area (Å²) in [6.45, 7) is 0. The van der Waals surface area contributed by atoms with Crippen LogP contribution in [0.25, 0.3) is 0 Å². The molecule has 0 spiro atoms. The van der Waals surface area contributed by atoms with Crippen LogP contribution in [0.4, 0.5) is 32.9 Å². The highest BCUT2D eigenvalue weighted by Crippen LogP contribution is 2.42. The first-order chi connectivity index (χ1) is 25.9. The van der Waals surface area contributed by atoms with Gasteiger partial charge in [-0.05, 0) is 47.5 Å². The van der Waals surface area contributed by atoms with Gasteiger partial charge in [-0.25, -0.2) is 14.6 Å². The van der Waals surface area contributed by atoms with E-state index in [4.69, 9.17) is 5.73 Å². The van der Waals surface area contributed by atoms with Crippen molar-refractivity contribution < 1.29 is 34.2 Å². The van der Waals surface area contributed by atoms with E-state index in [1.165, 1.54) is 47.8 Å². The van der Waals surface area contributed by atoms with Crippen molar-refractivity contribution in [2.45, 2.75) is 21.8 Å². The molecule has 5 amide bonds. The van der Waals surface area contributed by atoms with Gasteiger partial charge in [0.05, 0.1) is 6.20 Å². The molecule has 1 fully saturated rings. The lowest BCUT2D eigenvalue weighted by Crippen LogP contribution is -2.71. The Bertz CT molecular complexity index is 2190. The Morgan fingerprint density at radius 3 is 2.48 bits per heavy atom. The van der Waals surface area contributed by atoms with Crippen LogP contribution in [-0.2, 0) is 19.2 Å². The number of nitrogens with zero attached hydrogens (tertiary/aromatic N) is 6. The predicted molar refractivity (Wildman–Crippen MR) is 202 cm³/mol. The van der Waals surface area contributed by atoms with E-state index in [1.54, 1.807) is 12.1 Å². The Kier molecular flexibility index (Phi) is 11.0. The molecule has 8 N–H and O–H groups in total. The molecule has 2 unspecified atom stereocenters. The lowest BCUT2D eigenvalue weighted by molar-refractivity contribution is -0.150. The average molecular weight is 794 g/mol. The number of carbonyl (C=O) groups is 5. The van der Waals surface area contributed by atoms with Gasteiger partial charge in [0.2, 0.25) is 23.4 Å². The monoisotopic (exact) mass is 793 g/mol. The first-order valence-electron chi connectivity index (χ1n) is 15.7. The van der Waals surface area contributed by atoms with Crippen molar-refractivity contribution in [3.05, 3.63) is 81.9 Å². The van der Waals surface area contributed by atoms with E-state index in [2.05, 4.69) is 36.1 Å². The number of carboxylic acids is 1. The Labute approximate surface area is 318 Å². The third kappa shape index (κ3) is 7.79. The Balaban J connectivity index is 1.23. The van der Waals surface area contributed by atoms with Gasteiger partial charge in [0.25, 0.3) is 11.5 Å². The molecule has 0 aliphatic carbocycles. The van der Waals surface area contributed by atoms with Crippen LogP contribution in [0.5, 0.6) is 5.75 Å². The standard InChI is InChI=1S/C32H31N11O8S3/c1-41(2)18-7-5-17(6-8-18)36-30-34-11-20(24(46)38-30)42(29(33)51)22(15-3-9-19(45)10-4-15)25(47)37-21-26(48)43-23(28(49)50)16(12-52-27(21)43)13-53-32-40-39-31(54-32)35-14-44/h3-11,14,21-22,27,45H,12-13H2,1-2H3,(H2,33,51)(H,37,47)(H,49,50)(H,35,39,44)(H2,34,36,38,46)/t21?,22?,27-/m1/s1. The molecule has 0 saturated carbocycles. The van der Waals surface area contributed by atoms with Crippen molar-refractivity contribution in [3.8, 4) is 5.75 Å². The number of nitrogens with two attached hydrogens (primary N) is 1. The fourth-order valence-electron chi connectivity index (χ4n) is 5.61. The van der Waals surface area contributed by atoms with Crippen LogP contribution in [0.1, 0.15) is 11.6 Å². The maximum Gasteiger partial charge on any atom is 0.352 e. The van der Waals surface area contributed by atoms with Crippen molar-refractivity contribution in [2.75, 3.05) is 46.0 Å². The van der Waals surface area contributed by atoms with Crippen LogP contribution in [0.15, 0.2) is 75.1 Å². The van der Waals surface area contributed by atoms with Crippen LogP contribution in [0.3, 0.4) is 0 Å². The fraction of sp³-hybridized carbons (Fsp3) is 0.219. The van der Waals surface area contributed by atoms with Gasteiger partial charge in [0.1, 0.15) is 34.6 Å². The number of carbonyl (C=O) groups excluding carboxylic acids is 4. The molecule has 4 heterocycles. The number of aliphatic carboxylic acids is 1. The van der Waals surface area contributed by atoms with Crippen molar-refractivity contribution in [1.29, 1.82) is 0 Å². The number of amides is 5. The minimum atomic E-state index is -1.63. The van der Waals surface area contributed by atoms with E-state index in [-0.39, 0.29) is 45.3 Å².